The maximum Gasteiger partial charge on any atom is 0.252 e. The summed E-state index contributed by atoms with van der Waals surface area (Å²) in [6.45, 7) is 6.84. The van der Waals surface area contributed by atoms with Crippen molar-refractivity contribution in [3.8, 4) is 0 Å². The van der Waals surface area contributed by atoms with Gasteiger partial charge in [-0.25, -0.2) is 4.98 Å². The van der Waals surface area contributed by atoms with Gasteiger partial charge in [0.15, 0.2) is 5.65 Å². The zero-order valence-corrected chi connectivity index (χ0v) is 23.3. The Bertz CT molecular complexity index is 1680. The first-order valence-electron chi connectivity index (χ1n) is 13.8. The second-order valence-electron chi connectivity index (χ2n) is 10.8. The van der Waals surface area contributed by atoms with Crippen LogP contribution in [0.15, 0.2) is 73.1 Å². The van der Waals surface area contributed by atoms with Gasteiger partial charge < -0.3 is 14.8 Å². The number of aromatic nitrogens is 4. The van der Waals surface area contributed by atoms with E-state index in [4.69, 9.17) is 0 Å². The van der Waals surface area contributed by atoms with E-state index in [2.05, 4.69) is 79.2 Å². The van der Waals surface area contributed by atoms with Crippen LogP contribution in [0.2, 0.25) is 0 Å². The van der Waals surface area contributed by atoms with Crippen LogP contribution in [0.25, 0.3) is 33.6 Å². The molecule has 2 aromatic carbocycles. The van der Waals surface area contributed by atoms with Gasteiger partial charge in [0.2, 0.25) is 0 Å². The highest BCUT2D eigenvalue weighted by Crippen LogP contribution is 2.31. The number of benzene rings is 2. The van der Waals surface area contributed by atoms with Gasteiger partial charge in [-0.1, -0.05) is 42.0 Å². The molecule has 5 aromatic rings. The number of amides is 1. The van der Waals surface area contributed by atoms with Crippen LogP contribution in [-0.4, -0.2) is 75.2 Å². The summed E-state index contributed by atoms with van der Waals surface area (Å²) in [6, 6.07) is 20.3. The fraction of sp³-hybridized carbons (Fsp3) is 0.281. The number of hydrogen-bond acceptors (Lipinski definition) is 5. The summed E-state index contributed by atoms with van der Waals surface area (Å²) in [5.41, 5.74) is 6.18. The van der Waals surface area contributed by atoms with Crippen molar-refractivity contribution in [2.24, 2.45) is 7.05 Å². The maximum absolute atomic E-state index is 14.4. The molecule has 2 N–H and O–H groups in total. The van der Waals surface area contributed by atoms with Gasteiger partial charge in [0, 0.05) is 74.0 Å². The van der Waals surface area contributed by atoms with Crippen LogP contribution in [0, 0.1) is 6.92 Å². The number of piperazine rings is 1. The molecule has 0 unspecified atom stereocenters. The Morgan fingerprint density at radius 1 is 1.02 bits per heavy atom. The first-order chi connectivity index (χ1) is 19.5. The van der Waals surface area contributed by atoms with Crippen LogP contribution >= 0.6 is 0 Å². The molecule has 1 fully saturated rings. The third-order valence-electron chi connectivity index (χ3n) is 7.87. The lowest BCUT2D eigenvalue weighted by Crippen LogP contribution is -2.47. The van der Waals surface area contributed by atoms with Crippen molar-refractivity contribution in [1.29, 1.82) is 0 Å². The summed E-state index contributed by atoms with van der Waals surface area (Å²) in [5.74, 6) is -0.122. The summed E-state index contributed by atoms with van der Waals surface area (Å²) in [5, 5.41) is 12.8. The zero-order chi connectivity index (χ0) is 27.6. The summed E-state index contributed by atoms with van der Waals surface area (Å²) < 4.78 is 2.08. The van der Waals surface area contributed by atoms with E-state index in [-0.39, 0.29) is 11.9 Å². The molecule has 1 atom stereocenters. The second-order valence-corrected chi connectivity index (χ2v) is 10.8. The van der Waals surface area contributed by atoms with Crippen molar-refractivity contribution in [2.75, 3.05) is 39.8 Å². The minimum Gasteiger partial charge on any atom is -0.350 e. The average Bonchev–Trinajstić information content (AvgIpc) is 3.53. The third-order valence-corrected chi connectivity index (χ3v) is 7.87. The Hall–Kier alpha value is -4.27. The number of H-pyrrole nitrogens is 1. The van der Waals surface area contributed by atoms with E-state index in [1.54, 1.807) is 6.20 Å². The number of hydrogen-bond donors (Lipinski definition) is 2. The number of nitrogens with zero attached hydrogens (tertiary/aromatic N) is 5. The number of fused-ring (bicyclic) bond motifs is 2. The molecular formula is C32H35N7O. The van der Waals surface area contributed by atoms with Gasteiger partial charge >= 0.3 is 0 Å². The molecule has 8 heteroatoms. The lowest BCUT2D eigenvalue weighted by Gasteiger charge is -2.35. The number of likely N-dealkylation sites (N-methyl/N-ethyl adjacent to an activating group) is 1. The van der Waals surface area contributed by atoms with Crippen molar-refractivity contribution in [1.82, 2.24) is 34.9 Å². The second kappa shape index (κ2) is 11.1. The minimum atomic E-state index is -0.155. The van der Waals surface area contributed by atoms with E-state index >= 15 is 0 Å². The predicted octanol–water partition coefficient (Wildman–Crippen LogP) is 4.40. The molecule has 1 amide bonds. The molecule has 0 radical (unpaired) electrons. The topological polar surface area (TPSA) is 82.1 Å². The first kappa shape index (κ1) is 26.0. The van der Waals surface area contributed by atoms with Crippen LogP contribution < -0.4 is 5.32 Å². The molecule has 4 heterocycles. The van der Waals surface area contributed by atoms with Gasteiger partial charge in [0.25, 0.3) is 5.91 Å². The molecule has 0 bridgehead atoms. The highest BCUT2D eigenvalue weighted by atomic mass is 16.1. The van der Waals surface area contributed by atoms with Gasteiger partial charge in [-0.3, -0.25) is 14.8 Å². The third kappa shape index (κ3) is 5.28. The van der Waals surface area contributed by atoms with Gasteiger partial charge in [-0.05, 0) is 49.9 Å². The van der Waals surface area contributed by atoms with Crippen LogP contribution in [0.5, 0.6) is 0 Å². The number of pyridine rings is 1. The van der Waals surface area contributed by atoms with Crippen molar-refractivity contribution >= 4 is 39.5 Å². The Labute approximate surface area is 234 Å². The normalized spacial score (nSPS) is 16.0. The fourth-order valence-corrected chi connectivity index (χ4v) is 5.55. The minimum absolute atomic E-state index is 0.122. The van der Waals surface area contributed by atoms with Crippen LogP contribution in [-0.2, 0) is 11.8 Å². The molecule has 3 aromatic heterocycles. The Morgan fingerprint density at radius 2 is 1.82 bits per heavy atom. The number of nitrogens with one attached hydrogen (secondary N) is 2. The first-order valence-corrected chi connectivity index (χ1v) is 13.8. The van der Waals surface area contributed by atoms with E-state index < -0.39 is 0 Å². The van der Waals surface area contributed by atoms with Gasteiger partial charge in [0.1, 0.15) is 0 Å². The van der Waals surface area contributed by atoms with E-state index in [0.29, 0.717) is 11.2 Å². The van der Waals surface area contributed by atoms with E-state index in [1.807, 2.05) is 49.7 Å². The average molecular weight is 534 g/mol. The van der Waals surface area contributed by atoms with Crippen LogP contribution in [0.1, 0.15) is 28.4 Å². The van der Waals surface area contributed by atoms with Crippen molar-refractivity contribution in [3.63, 3.8) is 0 Å². The Morgan fingerprint density at radius 3 is 2.62 bits per heavy atom. The summed E-state index contributed by atoms with van der Waals surface area (Å²) in [4.78, 5) is 23.5. The zero-order valence-electron chi connectivity index (χ0n) is 23.3. The summed E-state index contributed by atoms with van der Waals surface area (Å²) in [7, 11) is 4.18. The molecule has 8 nitrogen and oxygen atoms in total. The molecule has 0 saturated carbocycles. The number of aromatic amines is 1. The molecule has 0 spiro atoms. The smallest absolute Gasteiger partial charge is 0.252 e. The van der Waals surface area contributed by atoms with Crippen LogP contribution in [0.3, 0.4) is 0 Å². The number of rotatable bonds is 7. The number of aryl methyl sites for hydroxylation is 2. The standard InChI is InChI=1S/C32H35N7O/c1-22-11-12-30-25(18-22)27(20-38(30)3)26(19-28-24-10-7-13-33-31(24)36-35-28)32(40)34-29(23-8-5-4-6-9-23)21-39-16-14-37(2)15-17-39/h4-13,18-20,29H,14-17,21H2,1-3H3,(H,34,40)(H,33,35,36)/b26-19+/t29-/m1/s1. The lowest BCUT2D eigenvalue weighted by molar-refractivity contribution is -0.116. The summed E-state index contributed by atoms with van der Waals surface area (Å²) in [6.07, 6.45) is 5.69. The van der Waals surface area contributed by atoms with Crippen molar-refractivity contribution < 1.29 is 4.79 Å². The highest BCUT2D eigenvalue weighted by molar-refractivity contribution is 6.27. The Balaban J connectivity index is 1.42. The molecule has 6 rings (SSSR count). The van der Waals surface area contributed by atoms with E-state index in [1.165, 1.54) is 0 Å². The van der Waals surface area contributed by atoms with Gasteiger partial charge in [-0.15, -0.1) is 0 Å². The predicted molar refractivity (Wildman–Crippen MR) is 161 cm³/mol. The Kier molecular flexibility index (Phi) is 7.19. The molecule has 204 valence electrons. The fourth-order valence-electron chi connectivity index (χ4n) is 5.55. The monoisotopic (exact) mass is 533 g/mol. The molecule has 1 aliphatic heterocycles. The van der Waals surface area contributed by atoms with Gasteiger partial charge in [-0.2, -0.15) is 5.10 Å². The lowest BCUT2D eigenvalue weighted by atomic mass is 9.99. The SMILES string of the molecule is Cc1ccc2c(c1)c(/C(=C\c1[nH]nc3ncccc13)C(=O)N[C@H](CN1CCN(C)CC1)c1ccccc1)cn2C. The quantitative estimate of drug-likeness (QED) is 0.303. The van der Waals surface area contributed by atoms with Crippen molar-refractivity contribution in [2.45, 2.75) is 13.0 Å². The van der Waals surface area contributed by atoms with Crippen LogP contribution in [0.4, 0.5) is 0 Å². The number of carbonyl (C=O) groups is 1. The largest absolute Gasteiger partial charge is 0.350 e. The van der Waals surface area contributed by atoms with E-state index in [0.717, 1.165) is 71.4 Å². The molecule has 1 aliphatic rings. The summed E-state index contributed by atoms with van der Waals surface area (Å²) >= 11 is 0. The molecule has 40 heavy (non-hydrogen) atoms. The van der Waals surface area contributed by atoms with Gasteiger partial charge in [0.05, 0.1) is 17.3 Å². The molecule has 0 aliphatic carbocycles. The molecular weight excluding hydrogens is 498 g/mol. The molecule has 1 saturated heterocycles. The van der Waals surface area contributed by atoms with Crippen molar-refractivity contribution in [3.05, 3.63) is 95.4 Å². The number of carbonyl (C=O) groups excluding carboxylic acids is 1. The highest BCUT2D eigenvalue weighted by Gasteiger charge is 2.25. The maximum atomic E-state index is 14.4. The van der Waals surface area contributed by atoms with E-state index in [9.17, 15) is 4.79 Å².